The van der Waals surface area contributed by atoms with Gasteiger partial charge in [0.15, 0.2) is 6.61 Å². The van der Waals surface area contributed by atoms with Crippen LogP contribution < -0.4 is 10.1 Å². The number of piperidine rings is 1. The van der Waals surface area contributed by atoms with Crippen LogP contribution in [-0.2, 0) is 4.79 Å². The average Bonchev–Trinajstić information content (AvgIpc) is 3.05. The van der Waals surface area contributed by atoms with Crippen molar-refractivity contribution >= 4 is 11.7 Å². The zero-order valence-corrected chi connectivity index (χ0v) is 15.2. The highest BCUT2D eigenvalue weighted by atomic mass is 16.5. The van der Waals surface area contributed by atoms with Gasteiger partial charge in [-0.2, -0.15) is 5.10 Å². The lowest BCUT2D eigenvalue weighted by atomic mass is 10.1. The number of aromatic nitrogens is 2. The van der Waals surface area contributed by atoms with Gasteiger partial charge in [-0.3, -0.25) is 4.79 Å². The maximum atomic E-state index is 12.2. The molecule has 6 heteroatoms. The summed E-state index contributed by atoms with van der Waals surface area (Å²) in [5.41, 5.74) is 2.36. The third-order valence-corrected chi connectivity index (χ3v) is 4.82. The summed E-state index contributed by atoms with van der Waals surface area (Å²) in [5, 5.41) is 7.32. The average molecular weight is 342 g/mol. The van der Waals surface area contributed by atoms with Crippen molar-refractivity contribution in [2.45, 2.75) is 32.7 Å². The largest absolute Gasteiger partial charge is 0.484 e. The fourth-order valence-electron chi connectivity index (χ4n) is 3.08. The molecule has 1 aromatic heterocycles. The van der Waals surface area contributed by atoms with Gasteiger partial charge in [0.25, 0.3) is 5.91 Å². The Hall–Kier alpha value is -2.34. The van der Waals surface area contributed by atoms with Crippen molar-refractivity contribution in [1.82, 2.24) is 14.7 Å². The zero-order chi connectivity index (χ0) is 17.8. The molecule has 0 atom stereocenters. The lowest BCUT2D eigenvalue weighted by Crippen LogP contribution is -2.32. The van der Waals surface area contributed by atoms with E-state index in [9.17, 15) is 4.79 Å². The van der Waals surface area contributed by atoms with Crippen molar-refractivity contribution in [3.05, 3.63) is 41.6 Å². The van der Waals surface area contributed by atoms with Crippen LogP contribution in [0.4, 0.5) is 5.82 Å². The van der Waals surface area contributed by atoms with E-state index >= 15 is 0 Å². The first-order chi connectivity index (χ1) is 12.0. The minimum Gasteiger partial charge on any atom is -0.484 e. The van der Waals surface area contributed by atoms with Crippen LogP contribution in [0.25, 0.3) is 0 Å². The summed E-state index contributed by atoms with van der Waals surface area (Å²) in [6.45, 7) is 6.17. The van der Waals surface area contributed by atoms with Crippen molar-refractivity contribution in [2.75, 3.05) is 32.1 Å². The molecule has 25 heavy (non-hydrogen) atoms. The van der Waals surface area contributed by atoms with E-state index in [4.69, 9.17) is 4.74 Å². The number of hydrogen-bond acceptors (Lipinski definition) is 4. The molecule has 1 amide bonds. The molecule has 0 radical (unpaired) electrons. The molecule has 3 rings (SSSR count). The van der Waals surface area contributed by atoms with E-state index in [0.717, 1.165) is 37.3 Å². The molecule has 2 heterocycles. The van der Waals surface area contributed by atoms with Gasteiger partial charge in [-0.15, -0.1) is 0 Å². The second-order valence-corrected chi connectivity index (χ2v) is 6.78. The fourth-order valence-corrected chi connectivity index (χ4v) is 3.08. The standard InChI is InChI=1S/C19H26N4O2/c1-14-4-5-17(12-15(14)2)25-13-19(24)21-18-6-9-20-23(18)16-7-10-22(3)11-8-16/h4-6,9,12,16H,7-8,10-11,13H2,1-3H3,(H,21,24). The van der Waals surface area contributed by atoms with Gasteiger partial charge in [-0.05, 0) is 70.1 Å². The van der Waals surface area contributed by atoms with Crippen molar-refractivity contribution in [3.63, 3.8) is 0 Å². The first-order valence-corrected chi connectivity index (χ1v) is 8.75. The van der Waals surface area contributed by atoms with E-state index in [2.05, 4.69) is 29.3 Å². The van der Waals surface area contributed by atoms with Crippen molar-refractivity contribution in [3.8, 4) is 5.75 Å². The van der Waals surface area contributed by atoms with Crippen LogP contribution in [0.3, 0.4) is 0 Å². The van der Waals surface area contributed by atoms with Gasteiger partial charge >= 0.3 is 0 Å². The Morgan fingerprint density at radius 2 is 2.00 bits per heavy atom. The van der Waals surface area contributed by atoms with Gasteiger partial charge in [0, 0.05) is 6.07 Å². The molecular formula is C19H26N4O2. The SMILES string of the molecule is Cc1ccc(OCC(=O)Nc2ccnn2C2CCN(C)CC2)cc1C. The highest BCUT2D eigenvalue weighted by Crippen LogP contribution is 2.24. The minimum atomic E-state index is -0.173. The van der Waals surface area contributed by atoms with Crippen LogP contribution in [0.5, 0.6) is 5.75 Å². The van der Waals surface area contributed by atoms with Gasteiger partial charge < -0.3 is 15.0 Å². The lowest BCUT2D eigenvalue weighted by Gasteiger charge is -2.30. The fraction of sp³-hybridized carbons (Fsp3) is 0.474. The van der Waals surface area contributed by atoms with E-state index in [1.807, 2.05) is 35.9 Å². The number of carbonyl (C=O) groups excluding carboxylic acids is 1. The summed E-state index contributed by atoms with van der Waals surface area (Å²) < 4.78 is 7.53. The molecule has 1 aliphatic rings. The van der Waals surface area contributed by atoms with E-state index in [0.29, 0.717) is 11.8 Å². The summed E-state index contributed by atoms with van der Waals surface area (Å²) >= 11 is 0. The lowest BCUT2D eigenvalue weighted by molar-refractivity contribution is -0.118. The molecule has 0 spiro atoms. The molecule has 1 N–H and O–H groups in total. The predicted molar refractivity (Wildman–Crippen MR) is 98.0 cm³/mol. The number of nitrogens with zero attached hydrogens (tertiary/aromatic N) is 3. The van der Waals surface area contributed by atoms with Gasteiger partial charge in [0.2, 0.25) is 0 Å². The van der Waals surface area contributed by atoms with Crippen LogP contribution in [0.15, 0.2) is 30.5 Å². The molecule has 134 valence electrons. The monoisotopic (exact) mass is 342 g/mol. The molecule has 1 aliphatic heterocycles. The van der Waals surface area contributed by atoms with E-state index in [-0.39, 0.29) is 12.5 Å². The molecule has 1 aromatic carbocycles. The number of carbonyl (C=O) groups is 1. The maximum absolute atomic E-state index is 12.2. The maximum Gasteiger partial charge on any atom is 0.263 e. The zero-order valence-electron chi connectivity index (χ0n) is 15.2. The number of benzene rings is 1. The summed E-state index contributed by atoms with van der Waals surface area (Å²) in [7, 11) is 2.13. The molecule has 6 nitrogen and oxygen atoms in total. The van der Waals surface area contributed by atoms with Gasteiger partial charge in [-0.25, -0.2) is 4.68 Å². The first-order valence-electron chi connectivity index (χ1n) is 8.75. The van der Waals surface area contributed by atoms with E-state index < -0.39 is 0 Å². The van der Waals surface area contributed by atoms with Gasteiger partial charge in [0.05, 0.1) is 12.2 Å². The van der Waals surface area contributed by atoms with Crippen molar-refractivity contribution < 1.29 is 9.53 Å². The summed E-state index contributed by atoms with van der Waals surface area (Å²) in [5.74, 6) is 1.28. The Labute approximate surface area is 148 Å². The van der Waals surface area contributed by atoms with Gasteiger partial charge in [-0.1, -0.05) is 6.07 Å². The number of anilines is 1. The highest BCUT2D eigenvalue weighted by molar-refractivity contribution is 5.91. The van der Waals surface area contributed by atoms with E-state index in [1.54, 1.807) is 6.20 Å². The minimum absolute atomic E-state index is 0.0128. The van der Waals surface area contributed by atoms with Crippen molar-refractivity contribution in [1.29, 1.82) is 0 Å². The second kappa shape index (κ2) is 7.70. The first kappa shape index (κ1) is 17.5. The Morgan fingerprint density at radius 1 is 1.24 bits per heavy atom. The number of rotatable bonds is 5. The number of ether oxygens (including phenoxy) is 1. The number of likely N-dealkylation sites (tertiary alicyclic amines) is 1. The molecule has 2 aromatic rings. The normalized spacial score (nSPS) is 16.0. The Morgan fingerprint density at radius 3 is 2.72 bits per heavy atom. The third kappa shape index (κ3) is 4.39. The highest BCUT2D eigenvalue weighted by Gasteiger charge is 2.21. The number of amides is 1. The summed E-state index contributed by atoms with van der Waals surface area (Å²) in [6.07, 6.45) is 3.82. The smallest absolute Gasteiger partial charge is 0.263 e. The Balaban J connectivity index is 1.56. The molecule has 0 saturated carbocycles. The number of aryl methyl sites for hydroxylation is 2. The number of nitrogens with one attached hydrogen (secondary N) is 1. The van der Waals surface area contributed by atoms with E-state index in [1.165, 1.54) is 5.56 Å². The predicted octanol–water partition coefficient (Wildman–Crippen LogP) is 2.78. The van der Waals surface area contributed by atoms with Crippen molar-refractivity contribution in [2.24, 2.45) is 0 Å². The van der Waals surface area contributed by atoms with Crippen LogP contribution in [-0.4, -0.2) is 47.3 Å². The number of hydrogen-bond donors (Lipinski definition) is 1. The van der Waals surface area contributed by atoms with Crippen LogP contribution >= 0.6 is 0 Å². The van der Waals surface area contributed by atoms with Gasteiger partial charge in [0.1, 0.15) is 11.6 Å². The summed E-state index contributed by atoms with van der Waals surface area (Å²) in [6, 6.07) is 8.01. The molecule has 1 fully saturated rings. The third-order valence-electron chi connectivity index (χ3n) is 4.82. The Bertz CT molecular complexity index is 733. The summed E-state index contributed by atoms with van der Waals surface area (Å²) in [4.78, 5) is 14.6. The molecule has 1 saturated heterocycles. The van der Waals surface area contributed by atoms with Crippen LogP contribution in [0.1, 0.15) is 30.0 Å². The molecule has 0 unspecified atom stereocenters. The Kier molecular flexibility index (Phi) is 5.38. The second-order valence-electron chi connectivity index (χ2n) is 6.78. The molecular weight excluding hydrogens is 316 g/mol. The molecule has 0 bridgehead atoms. The quantitative estimate of drug-likeness (QED) is 0.908. The molecule has 0 aliphatic carbocycles. The van der Waals surface area contributed by atoms with Crippen LogP contribution in [0, 0.1) is 13.8 Å². The van der Waals surface area contributed by atoms with Crippen LogP contribution in [0.2, 0.25) is 0 Å². The topological polar surface area (TPSA) is 59.4 Å².